The fourth-order valence-electron chi connectivity index (χ4n) is 2.44. The minimum atomic E-state index is -0.300. The molecule has 1 aromatic heterocycles. The second kappa shape index (κ2) is 8.20. The van der Waals surface area contributed by atoms with E-state index in [2.05, 4.69) is 10.4 Å². The van der Waals surface area contributed by atoms with Crippen LogP contribution in [0.3, 0.4) is 0 Å². The summed E-state index contributed by atoms with van der Waals surface area (Å²) in [4.78, 5) is 23.5. The Labute approximate surface area is 150 Å². The van der Waals surface area contributed by atoms with Gasteiger partial charge in [0.15, 0.2) is 0 Å². The van der Waals surface area contributed by atoms with Crippen LogP contribution in [0.15, 0.2) is 36.4 Å². The van der Waals surface area contributed by atoms with Crippen molar-refractivity contribution in [2.75, 3.05) is 23.4 Å². The Kier molecular flexibility index (Phi) is 5.75. The Bertz CT molecular complexity index is 741. The lowest BCUT2D eigenvalue weighted by Crippen LogP contribution is -2.18. The summed E-state index contributed by atoms with van der Waals surface area (Å²) in [6.07, 6.45) is 2.29. The Morgan fingerprint density at radius 1 is 1.28 bits per heavy atom. The zero-order valence-corrected chi connectivity index (χ0v) is 14.9. The number of anilines is 1. The van der Waals surface area contributed by atoms with E-state index in [4.69, 9.17) is 4.74 Å². The van der Waals surface area contributed by atoms with Gasteiger partial charge in [-0.3, -0.25) is 9.59 Å². The Morgan fingerprint density at radius 3 is 2.72 bits per heavy atom. The first-order chi connectivity index (χ1) is 12.2. The molecule has 6 nitrogen and oxygen atoms in total. The molecule has 1 aromatic carbocycles. The standard InChI is InChI=1S/C18H21N3O3S/c1-2-24-18(23)12-25-11-17(22)19-16-10-15(13-8-9-13)20-21(16)14-6-4-3-5-7-14/h3-7,10,13H,2,8-9,11-12H2,1H3,(H,19,22). The number of carbonyl (C=O) groups is 2. The molecule has 0 spiro atoms. The van der Waals surface area contributed by atoms with Gasteiger partial charge in [-0.25, -0.2) is 4.68 Å². The molecule has 0 saturated heterocycles. The minimum absolute atomic E-state index is 0.159. The van der Waals surface area contributed by atoms with Gasteiger partial charge < -0.3 is 10.1 Å². The van der Waals surface area contributed by atoms with E-state index in [9.17, 15) is 9.59 Å². The molecular weight excluding hydrogens is 338 g/mol. The Balaban J connectivity index is 1.65. The van der Waals surface area contributed by atoms with Crippen molar-refractivity contribution in [2.45, 2.75) is 25.7 Å². The van der Waals surface area contributed by atoms with Crippen molar-refractivity contribution in [3.05, 3.63) is 42.1 Å². The van der Waals surface area contributed by atoms with Gasteiger partial charge in [0.2, 0.25) is 5.91 Å². The van der Waals surface area contributed by atoms with Crippen LogP contribution in [0.25, 0.3) is 5.69 Å². The second-order valence-electron chi connectivity index (χ2n) is 5.82. The predicted molar refractivity (Wildman–Crippen MR) is 98.1 cm³/mol. The van der Waals surface area contributed by atoms with Gasteiger partial charge in [0.05, 0.1) is 29.5 Å². The molecule has 25 heavy (non-hydrogen) atoms. The summed E-state index contributed by atoms with van der Waals surface area (Å²) in [6, 6.07) is 11.7. The van der Waals surface area contributed by atoms with Crippen LogP contribution >= 0.6 is 11.8 Å². The first-order valence-corrected chi connectivity index (χ1v) is 9.51. The summed E-state index contributed by atoms with van der Waals surface area (Å²) in [6.45, 7) is 2.11. The predicted octanol–water partition coefficient (Wildman–Crippen LogP) is 2.98. The number of aromatic nitrogens is 2. The molecule has 0 atom stereocenters. The van der Waals surface area contributed by atoms with Gasteiger partial charge in [0.25, 0.3) is 0 Å². The molecule has 1 fully saturated rings. The van der Waals surface area contributed by atoms with Crippen molar-refractivity contribution in [1.82, 2.24) is 9.78 Å². The molecule has 1 aliphatic rings. The van der Waals surface area contributed by atoms with Crippen LogP contribution < -0.4 is 5.32 Å². The number of rotatable bonds is 8. The van der Waals surface area contributed by atoms with Crippen molar-refractivity contribution in [2.24, 2.45) is 0 Å². The van der Waals surface area contributed by atoms with Crippen LogP contribution in [-0.4, -0.2) is 39.8 Å². The average molecular weight is 359 g/mol. The maximum Gasteiger partial charge on any atom is 0.315 e. The molecule has 1 heterocycles. The number of nitrogens with zero attached hydrogens (tertiary/aromatic N) is 2. The maximum atomic E-state index is 12.2. The van der Waals surface area contributed by atoms with Gasteiger partial charge >= 0.3 is 5.97 Å². The molecule has 0 unspecified atom stereocenters. The summed E-state index contributed by atoms with van der Waals surface area (Å²) >= 11 is 1.24. The number of hydrogen-bond donors (Lipinski definition) is 1. The number of hydrogen-bond acceptors (Lipinski definition) is 5. The zero-order chi connectivity index (χ0) is 17.6. The monoisotopic (exact) mass is 359 g/mol. The molecule has 0 radical (unpaired) electrons. The molecular formula is C18H21N3O3S. The fraction of sp³-hybridized carbons (Fsp3) is 0.389. The number of nitrogens with one attached hydrogen (secondary N) is 1. The van der Waals surface area contributed by atoms with E-state index in [0.29, 0.717) is 18.3 Å². The normalized spacial score (nSPS) is 13.5. The second-order valence-corrected chi connectivity index (χ2v) is 6.81. The molecule has 1 saturated carbocycles. The van der Waals surface area contributed by atoms with Gasteiger partial charge in [-0.15, -0.1) is 11.8 Å². The maximum absolute atomic E-state index is 12.2. The average Bonchev–Trinajstić information content (AvgIpc) is 3.37. The van der Waals surface area contributed by atoms with E-state index >= 15 is 0 Å². The molecule has 132 valence electrons. The van der Waals surface area contributed by atoms with Gasteiger partial charge in [-0.1, -0.05) is 18.2 Å². The summed E-state index contributed by atoms with van der Waals surface area (Å²) in [5, 5.41) is 7.56. The van der Waals surface area contributed by atoms with Crippen LogP contribution in [0.4, 0.5) is 5.82 Å². The summed E-state index contributed by atoms with van der Waals surface area (Å²) < 4.78 is 6.62. The van der Waals surface area contributed by atoms with E-state index < -0.39 is 0 Å². The molecule has 1 amide bonds. The van der Waals surface area contributed by atoms with Crippen molar-refractivity contribution in [3.63, 3.8) is 0 Å². The quantitative estimate of drug-likeness (QED) is 0.734. The zero-order valence-electron chi connectivity index (χ0n) is 14.1. The van der Waals surface area contributed by atoms with Crippen LogP contribution in [0.1, 0.15) is 31.4 Å². The van der Waals surface area contributed by atoms with Gasteiger partial charge in [-0.2, -0.15) is 5.10 Å². The van der Waals surface area contributed by atoms with Crippen LogP contribution in [0.5, 0.6) is 0 Å². The highest BCUT2D eigenvalue weighted by Crippen LogP contribution is 2.40. The number of ether oxygens (including phenoxy) is 1. The first kappa shape index (κ1) is 17.5. The number of para-hydroxylation sites is 1. The lowest BCUT2D eigenvalue weighted by molar-refractivity contribution is -0.139. The molecule has 1 N–H and O–H groups in total. The summed E-state index contributed by atoms with van der Waals surface area (Å²) in [7, 11) is 0. The van der Waals surface area contributed by atoms with Crippen LogP contribution in [0, 0.1) is 0 Å². The third-order valence-electron chi connectivity index (χ3n) is 3.75. The van der Waals surface area contributed by atoms with Crippen LogP contribution in [0.2, 0.25) is 0 Å². The summed E-state index contributed by atoms with van der Waals surface area (Å²) in [5.74, 6) is 1.07. The molecule has 7 heteroatoms. The first-order valence-electron chi connectivity index (χ1n) is 8.36. The topological polar surface area (TPSA) is 73.2 Å². The number of esters is 1. The van der Waals surface area contributed by atoms with E-state index in [1.54, 1.807) is 11.6 Å². The molecule has 3 rings (SSSR count). The number of thioether (sulfide) groups is 1. The van der Waals surface area contributed by atoms with Crippen molar-refractivity contribution >= 4 is 29.5 Å². The highest BCUT2D eigenvalue weighted by Gasteiger charge is 2.28. The Morgan fingerprint density at radius 2 is 2.04 bits per heavy atom. The minimum Gasteiger partial charge on any atom is -0.465 e. The Hall–Kier alpha value is -2.28. The van der Waals surface area contributed by atoms with E-state index in [0.717, 1.165) is 24.2 Å². The largest absolute Gasteiger partial charge is 0.465 e. The third kappa shape index (κ3) is 4.85. The highest BCUT2D eigenvalue weighted by atomic mass is 32.2. The van der Waals surface area contributed by atoms with Crippen LogP contribution in [-0.2, 0) is 14.3 Å². The van der Waals surface area contributed by atoms with E-state index in [1.165, 1.54) is 11.8 Å². The number of benzene rings is 1. The number of carbonyl (C=O) groups excluding carboxylic acids is 2. The third-order valence-corrected chi connectivity index (χ3v) is 4.66. The fourth-order valence-corrected chi connectivity index (χ4v) is 3.05. The molecule has 2 aromatic rings. The lowest BCUT2D eigenvalue weighted by atomic mass is 10.3. The number of amides is 1. The smallest absolute Gasteiger partial charge is 0.315 e. The highest BCUT2D eigenvalue weighted by molar-refractivity contribution is 8.00. The van der Waals surface area contributed by atoms with E-state index in [-0.39, 0.29) is 23.4 Å². The van der Waals surface area contributed by atoms with Crippen molar-refractivity contribution in [1.29, 1.82) is 0 Å². The van der Waals surface area contributed by atoms with Gasteiger partial charge in [0, 0.05) is 12.0 Å². The van der Waals surface area contributed by atoms with E-state index in [1.807, 2.05) is 36.4 Å². The molecule has 0 bridgehead atoms. The molecule has 0 aliphatic heterocycles. The molecule has 1 aliphatic carbocycles. The van der Waals surface area contributed by atoms with Crippen molar-refractivity contribution in [3.8, 4) is 5.69 Å². The SMILES string of the molecule is CCOC(=O)CSCC(=O)Nc1cc(C2CC2)nn1-c1ccccc1. The van der Waals surface area contributed by atoms with Gasteiger partial charge in [-0.05, 0) is 31.9 Å². The summed E-state index contributed by atoms with van der Waals surface area (Å²) in [5.41, 5.74) is 1.92. The van der Waals surface area contributed by atoms with Gasteiger partial charge in [0.1, 0.15) is 5.82 Å². The lowest BCUT2D eigenvalue weighted by Gasteiger charge is -2.08. The van der Waals surface area contributed by atoms with Crippen molar-refractivity contribution < 1.29 is 14.3 Å².